The van der Waals surface area contributed by atoms with Gasteiger partial charge in [0, 0.05) is 6.07 Å². The number of nitrogens with zero attached hydrogens (tertiary/aromatic N) is 2. The van der Waals surface area contributed by atoms with Crippen molar-refractivity contribution in [2.75, 3.05) is 5.73 Å². The average molecular weight is 313 g/mol. The first-order valence-corrected chi connectivity index (χ1v) is 6.60. The minimum absolute atomic E-state index is 0.0227. The number of nitro groups is 1. The summed E-state index contributed by atoms with van der Waals surface area (Å²) in [7, 11) is 0. The number of oxazole rings is 1. The van der Waals surface area contributed by atoms with Crippen LogP contribution < -0.4 is 5.73 Å². The normalized spacial score (nSPS) is 10.6. The van der Waals surface area contributed by atoms with Crippen LogP contribution >= 0.6 is 0 Å². The molecule has 3 rings (SSSR count). The van der Waals surface area contributed by atoms with Gasteiger partial charge in [0.1, 0.15) is 11.2 Å². The molecule has 0 unspecified atom stereocenters. The summed E-state index contributed by atoms with van der Waals surface area (Å²) in [6, 6.07) is 10.9. The molecule has 0 saturated carbocycles. The molecule has 1 heterocycles. The second kappa shape index (κ2) is 5.76. The zero-order valence-corrected chi connectivity index (χ0v) is 11.8. The molecule has 0 spiro atoms. The zero-order chi connectivity index (χ0) is 16.4. The SMILES string of the molecule is Nc1ccc(C(=O)OCc2nc3ccccc3o2)cc1[N+](=O)[O-]. The van der Waals surface area contributed by atoms with Crippen LogP contribution in [0.4, 0.5) is 11.4 Å². The first-order valence-electron chi connectivity index (χ1n) is 6.60. The number of esters is 1. The van der Waals surface area contributed by atoms with Gasteiger partial charge in [0.05, 0.1) is 10.5 Å². The van der Waals surface area contributed by atoms with Crippen molar-refractivity contribution in [3.8, 4) is 0 Å². The highest BCUT2D eigenvalue weighted by Gasteiger charge is 2.17. The van der Waals surface area contributed by atoms with E-state index in [2.05, 4.69) is 4.98 Å². The Morgan fingerprint density at radius 2 is 2.09 bits per heavy atom. The summed E-state index contributed by atoms with van der Waals surface area (Å²) in [5.74, 6) is -0.486. The molecule has 8 heteroatoms. The van der Waals surface area contributed by atoms with Crippen molar-refractivity contribution in [3.63, 3.8) is 0 Å². The Hall–Kier alpha value is -3.42. The molecule has 0 saturated heterocycles. The number of hydrogen-bond donors (Lipinski definition) is 1. The molecule has 0 fully saturated rings. The fourth-order valence-corrected chi connectivity index (χ4v) is 2.02. The van der Waals surface area contributed by atoms with Gasteiger partial charge in [-0.15, -0.1) is 0 Å². The molecule has 0 radical (unpaired) electrons. The van der Waals surface area contributed by atoms with E-state index in [0.29, 0.717) is 11.1 Å². The second-order valence-corrected chi connectivity index (χ2v) is 4.68. The molecule has 0 aliphatic heterocycles. The Balaban J connectivity index is 1.74. The summed E-state index contributed by atoms with van der Waals surface area (Å²) < 4.78 is 10.5. The Morgan fingerprint density at radius 1 is 1.30 bits per heavy atom. The topological polar surface area (TPSA) is 121 Å². The summed E-state index contributed by atoms with van der Waals surface area (Å²) in [4.78, 5) is 26.3. The molecule has 3 aromatic rings. The number of ether oxygens (including phenoxy) is 1. The highest BCUT2D eigenvalue weighted by atomic mass is 16.6. The molecule has 8 nitrogen and oxygen atoms in total. The molecule has 0 amide bonds. The van der Waals surface area contributed by atoms with Crippen LogP contribution in [0, 0.1) is 10.1 Å². The number of anilines is 1. The van der Waals surface area contributed by atoms with Crippen LogP contribution in [0.2, 0.25) is 0 Å². The summed E-state index contributed by atoms with van der Waals surface area (Å²) in [5.41, 5.74) is 6.38. The van der Waals surface area contributed by atoms with Crippen LogP contribution in [-0.2, 0) is 11.3 Å². The molecule has 1 aromatic heterocycles. The maximum absolute atomic E-state index is 12.0. The number of carbonyl (C=O) groups excluding carboxylic acids is 1. The Morgan fingerprint density at radius 3 is 2.83 bits per heavy atom. The van der Waals surface area contributed by atoms with Crippen LogP contribution in [-0.4, -0.2) is 15.9 Å². The minimum atomic E-state index is -0.727. The van der Waals surface area contributed by atoms with Crippen molar-refractivity contribution >= 4 is 28.4 Å². The van der Waals surface area contributed by atoms with E-state index < -0.39 is 10.9 Å². The molecule has 0 aliphatic rings. The number of aromatic nitrogens is 1. The van der Waals surface area contributed by atoms with Gasteiger partial charge in [-0.05, 0) is 24.3 Å². The van der Waals surface area contributed by atoms with Crippen molar-refractivity contribution in [3.05, 3.63) is 64.0 Å². The van der Waals surface area contributed by atoms with Gasteiger partial charge in [-0.1, -0.05) is 12.1 Å². The number of benzene rings is 2. The number of fused-ring (bicyclic) bond motifs is 1. The van der Waals surface area contributed by atoms with E-state index in [9.17, 15) is 14.9 Å². The Kier molecular flexibility index (Phi) is 3.63. The van der Waals surface area contributed by atoms with E-state index in [1.54, 1.807) is 18.2 Å². The predicted molar refractivity (Wildman–Crippen MR) is 80.6 cm³/mol. The van der Waals surface area contributed by atoms with Crippen molar-refractivity contribution in [2.24, 2.45) is 0 Å². The average Bonchev–Trinajstić information content (AvgIpc) is 2.95. The molecule has 0 aliphatic carbocycles. The smallest absolute Gasteiger partial charge is 0.338 e. The highest BCUT2D eigenvalue weighted by Crippen LogP contribution is 2.23. The molecular weight excluding hydrogens is 302 g/mol. The molecule has 23 heavy (non-hydrogen) atoms. The van der Waals surface area contributed by atoms with E-state index in [0.717, 1.165) is 6.07 Å². The largest absolute Gasteiger partial charge is 0.452 e. The molecule has 0 atom stereocenters. The highest BCUT2D eigenvalue weighted by molar-refractivity contribution is 5.91. The summed E-state index contributed by atoms with van der Waals surface area (Å²) in [6.07, 6.45) is 0. The Labute approximate surface area is 129 Å². The van der Waals surface area contributed by atoms with Gasteiger partial charge >= 0.3 is 5.97 Å². The van der Waals surface area contributed by atoms with Crippen molar-refractivity contribution < 1.29 is 18.9 Å². The monoisotopic (exact) mass is 313 g/mol. The minimum Gasteiger partial charge on any atom is -0.452 e. The number of nitro benzene ring substituents is 1. The van der Waals surface area contributed by atoms with Gasteiger partial charge in [-0.3, -0.25) is 10.1 Å². The van der Waals surface area contributed by atoms with Crippen LogP contribution in [0.25, 0.3) is 11.1 Å². The summed E-state index contributed by atoms with van der Waals surface area (Å²) in [5, 5.41) is 10.8. The number of carbonyl (C=O) groups is 1. The third-order valence-electron chi connectivity index (χ3n) is 3.13. The fraction of sp³-hybridized carbons (Fsp3) is 0.0667. The van der Waals surface area contributed by atoms with Crippen molar-refractivity contribution in [2.45, 2.75) is 6.61 Å². The third kappa shape index (κ3) is 2.95. The maximum Gasteiger partial charge on any atom is 0.338 e. The third-order valence-corrected chi connectivity index (χ3v) is 3.13. The lowest BCUT2D eigenvalue weighted by molar-refractivity contribution is -0.383. The quantitative estimate of drug-likeness (QED) is 0.340. The van der Waals surface area contributed by atoms with Gasteiger partial charge in [0.15, 0.2) is 12.2 Å². The van der Waals surface area contributed by atoms with E-state index in [1.165, 1.54) is 12.1 Å². The molecule has 2 aromatic carbocycles. The number of para-hydroxylation sites is 2. The maximum atomic E-state index is 12.0. The molecule has 2 N–H and O–H groups in total. The number of nitrogen functional groups attached to an aromatic ring is 1. The Bertz CT molecular complexity index is 870. The fourth-order valence-electron chi connectivity index (χ4n) is 2.02. The zero-order valence-electron chi connectivity index (χ0n) is 11.8. The van der Waals surface area contributed by atoms with E-state index >= 15 is 0 Å². The van der Waals surface area contributed by atoms with Crippen molar-refractivity contribution in [1.29, 1.82) is 0 Å². The number of nitrogens with two attached hydrogens (primary N) is 1. The van der Waals surface area contributed by atoms with E-state index in [-0.39, 0.29) is 29.4 Å². The van der Waals surface area contributed by atoms with Gasteiger partial charge in [-0.25, -0.2) is 9.78 Å². The number of rotatable bonds is 4. The van der Waals surface area contributed by atoms with Gasteiger partial charge in [0.25, 0.3) is 5.69 Å². The standard InChI is InChI=1S/C15H11N3O5/c16-10-6-5-9(7-12(10)18(20)21)15(19)22-8-14-17-11-3-1-2-4-13(11)23-14/h1-7H,8,16H2. The first-order chi connectivity index (χ1) is 11.0. The second-order valence-electron chi connectivity index (χ2n) is 4.68. The molecular formula is C15H11N3O5. The van der Waals surface area contributed by atoms with Crippen LogP contribution in [0.15, 0.2) is 46.9 Å². The summed E-state index contributed by atoms with van der Waals surface area (Å²) in [6.45, 7) is -0.175. The van der Waals surface area contributed by atoms with Crippen molar-refractivity contribution in [1.82, 2.24) is 4.98 Å². The van der Waals surface area contributed by atoms with Crippen LogP contribution in [0.1, 0.15) is 16.2 Å². The number of hydrogen-bond acceptors (Lipinski definition) is 7. The molecule has 116 valence electrons. The molecule has 0 bridgehead atoms. The predicted octanol–water partition coefficient (Wildman–Crippen LogP) is 2.68. The van der Waals surface area contributed by atoms with E-state index in [4.69, 9.17) is 14.9 Å². The lowest BCUT2D eigenvalue weighted by Crippen LogP contribution is -2.07. The first kappa shape index (κ1) is 14.5. The lowest BCUT2D eigenvalue weighted by atomic mass is 10.2. The van der Waals surface area contributed by atoms with Gasteiger partial charge in [-0.2, -0.15) is 0 Å². The van der Waals surface area contributed by atoms with Gasteiger partial charge < -0.3 is 14.9 Å². The lowest BCUT2D eigenvalue weighted by Gasteiger charge is -2.03. The summed E-state index contributed by atoms with van der Waals surface area (Å²) >= 11 is 0. The van der Waals surface area contributed by atoms with Crippen LogP contribution in [0.5, 0.6) is 0 Å². The van der Waals surface area contributed by atoms with E-state index in [1.807, 2.05) is 6.07 Å². The van der Waals surface area contributed by atoms with Crippen LogP contribution in [0.3, 0.4) is 0 Å². The van der Waals surface area contributed by atoms with Gasteiger partial charge in [0.2, 0.25) is 5.89 Å².